The van der Waals surface area contributed by atoms with Gasteiger partial charge in [-0.2, -0.15) is 0 Å². The minimum atomic E-state index is -0.762. The maximum absolute atomic E-state index is 12.9. The summed E-state index contributed by atoms with van der Waals surface area (Å²) >= 11 is 0. The third kappa shape index (κ3) is 51.8. The van der Waals surface area contributed by atoms with E-state index in [0.717, 1.165) is 69.6 Å². The zero-order valence-electron chi connectivity index (χ0n) is 45.3. The molecule has 392 valence electrons. The Morgan fingerprint density at radius 3 is 0.864 bits per heavy atom. The highest BCUT2D eigenvalue weighted by molar-refractivity contribution is 5.71. The van der Waals surface area contributed by atoms with Crippen LogP contribution in [0.25, 0.3) is 0 Å². The van der Waals surface area contributed by atoms with Crippen LogP contribution in [0.3, 0.4) is 0 Å². The largest absolute Gasteiger partial charge is 0.462 e. The second-order valence-electron chi connectivity index (χ2n) is 21.4. The molecule has 0 amide bonds. The van der Waals surface area contributed by atoms with E-state index in [9.17, 15) is 14.4 Å². The lowest BCUT2D eigenvalue weighted by Gasteiger charge is -2.18. The van der Waals surface area contributed by atoms with Gasteiger partial charge in [-0.15, -0.1) is 0 Å². The van der Waals surface area contributed by atoms with Crippen molar-refractivity contribution < 1.29 is 28.6 Å². The molecule has 0 spiro atoms. The predicted molar refractivity (Wildman–Crippen MR) is 284 cm³/mol. The molecular formula is C60H116O6. The highest BCUT2D eigenvalue weighted by Crippen LogP contribution is 2.19. The standard InChI is InChI=1S/C60H116O6/c1-6-8-9-10-11-28-35-40-45-50-58(61)64-53-57(54-65-59(62)51-46-41-36-31-26-22-19-18-20-24-29-33-38-43-48-55(3)4)66-60(63)52-47-42-37-32-27-23-17-15-13-12-14-16-21-25-30-34-39-44-49-56(5)7-2/h55-57H,6-54H2,1-5H3/t56?,57-/m0/s1. The zero-order valence-corrected chi connectivity index (χ0v) is 45.3. The van der Waals surface area contributed by atoms with Gasteiger partial charge in [0.05, 0.1) is 0 Å². The van der Waals surface area contributed by atoms with Crippen molar-refractivity contribution in [3.63, 3.8) is 0 Å². The fraction of sp³-hybridized carbons (Fsp3) is 0.950. The molecule has 0 bridgehead atoms. The van der Waals surface area contributed by atoms with E-state index in [1.165, 1.54) is 225 Å². The van der Waals surface area contributed by atoms with Crippen molar-refractivity contribution in [1.29, 1.82) is 0 Å². The number of carbonyl (C=O) groups is 3. The number of ether oxygens (including phenoxy) is 3. The van der Waals surface area contributed by atoms with Crippen molar-refractivity contribution in [2.75, 3.05) is 13.2 Å². The monoisotopic (exact) mass is 933 g/mol. The zero-order chi connectivity index (χ0) is 48.2. The summed E-state index contributed by atoms with van der Waals surface area (Å²) in [7, 11) is 0. The predicted octanol–water partition coefficient (Wildman–Crippen LogP) is 19.7. The molecule has 6 heteroatoms. The van der Waals surface area contributed by atoms with Gasteiger partial charge < -0.3 is 14.2 Å². The number of carbonyl (C=O) groups excluding carboxylic acids is 3. The summed E-state index contributed by atoms with van der Waals surface area (Å²) in [5, 5.41) is 0. The van der Waals surface area contributed by atoms with Crippen LogP contribution < -0.4 is 0 Å². The summed E-state index contributed by atoms with van der Waals surface area (Å²) in [4.78, 5) is 38.1. The Kier molecular flexibility index (Phi) is 51.5. The molecule has 0 aliphatic rings. The Labute approximate surface area is 412 Å². The van der Waals surface area contributed by atoms with E-state index in [4.69, 9.17) is 14.2 Å². The van der Waals surface area contributed by atoms with Crippen molar-refractivity contribution in [2.45, 2.75) is 343 Å². The van der Waals surface area contributed by atoms with E-state index < -0.39 is 6.10 Å². The van der Waals surface area contributed by atoms with Gasteiger partial charge in [-0.05, 0) is 31.1 Å². The summed E-state index contributed by atoms with van der Waals surface area (Å²) < 4.78 is 16.9. The summed E-state index contributed by atoms with van der Waals surface area (Å²) in [6.07, 6.45) is 56.7. The number of esters is 3. The molecule has 2 atom stereocenters. The van der Waals surface area contributed by atoms with Crippen LogP contribution in [0, 0.1) is 11.8 Å². The number of unbranched alkanes of at least 4 members (excludes halogenated alkanes) is 38. The minimum absolute atomic E-state index is 0.0626. The van der Waals surface area contributed by atoms with Gasteiger partial charge in [0, 0.05) is 19.3 Å². The van der Waals surface area contributed by atoms with Crippen molar-refractivity contribution in [1.82, 2.24) is 0 Å². The van der Waals surface area contributed by atoms with Crippen LogP contribution in [0.2, 0.25) is 0 Å². The van der Waals surface area contributed by atoms with E-state index >= 15 is 0 Å². The van der Waals surface area contributed by atoms with Crippen LogP contribution in [0.4, 0.5) is 0 Å². The van der Waals surface area contributed by atoms with E-state index in [1.807, 2.05) is 0 Å². The van der Waals surface area contributed by atoms with Gasteiger partial charge in [0.25, 0.3) is 0 Å². The van der Waals surface area contributed by atoms with Crippen LogP contribution in [0.5, 0.6) is 0 Å². The molecule has 0 aromatic carbocycles. The first kappa shape index (κ1) is 64.4. The normalized spacial score (nSPS) is 12.5. The molecule has 0 saturated heterocycles. The molecule has 1 unspecified atom stereocenters. The minimum Gasteiger partial charge on any atom is -0.462 e. The lowest BCUT2D eigenvalue weighted by Crippen LogP contribution is -2.30. The molecule has 6 nitrogen and oxygen atoms in total. The van der Waals surface area contributed by atoms with E-state index in [1.54, 1.807) is 0 Å². The topological polar surface area (TPSA) is 78.9 Å². The number of rotatable bonds is 54. The summed E-state index contributed by atoms with van der Waals surface area (Å²) in [5.41, 5.74) is 0. The summed E-state index contributed by atoms with van der Waals surface area (Å²) in [5.74, 6) is 0.913. The van der Waals surface area contributed by atoms with Crippen LogP contribution in [0.1, 0.15) is 336 Å². The van der Waals surface area contributed by atoms with Gasteiger partial charge in [-0.25, -0.2) is 0 Å². The average molecular weight is 934 g/mol. The van der Waals surface area contributed by atoms with Crippen molar-refractivity contribution >= 4 is 17.9 Å². The van der Waals surface area contributed by atoms with Crippen molar-refractivity contribution in [3.05, 3.63) is 0 Å². The second-order valence-corrected chi connectivity index (χ2v) is 21.4. The van der Waals surface area contributed by atoms with Crippen LogP contribution in [-0.4, -0.2) is 37.2 Å². The molecule has 0 aromatic heterocycles. The van der Waals surface area contributed by atoms with Gasteiger partial charge in [0.1, 0.15) is 13.2 Å². The third-order valence-electron chi connectivity index (χ3n) is 14.1. The highest BCUT2D eigenvalue weighted by atomic mass is 16.6. The SMILES string of the molecule is CCCCCCCCCCCC(=O)OC[C@@H](COC(=O)CCCCCCCCCCCCCCCCC(C)C)OC(=O)CCCCCCCCCCCCCCCCCCCCC(C)CC. The molecule has 0 N–H and O–H groups in total. The first-order chi connectivity index (χ1) is 32.3. The fourth-order valence-corrected chi connectivity index (χ4v) is 9.20. The second kappa shape index (κ2) is 52.8. The molecule has 0 saturated carbocycles. The third-order valence-corrected chi connectivity index (χ3v) is 14.1. The van der Waals surface area contributed by atoms with E-state index in [2.05, 4.69) is 34.6 Å². The smallest absolute Gasteiger partial charge is 0.306 e. The van der Waals surface area contributed by atoms with Crippen LogP contribution in [0.15, 0.2) is 0 Å². The molecule has 0 aliphatic heterocycles. The average Bonchev–Trinajstić information content (AvgIpc) is 3.30. The molecule has 0 heterocycles. The quantitative estimate of drug-likeness (QED) is 0.0343. The highest BCUT2D eigenvalue weighted by Gasteiger charge is 2.19. The Bertz CT molecular complexity index is 1010. The molecule has 0 radical (unpaired) electrons. The maximum Gasteiger partial charge on any atom is 0.306 e. The van der Waals surface area contributed by atoms with E-state index in [0.29, 0.717) is 19.3 Å². The molecule has 66 heavy (non-hydrogen) atoms. The lowest BCUT2D eigenvalue weighted by molar-refractivity contribution is -0.167. The molecular weight excluding hydrogens is 817 g/mol. The Hall–Kier alpha value is -1.59. The number of hydrogen-bond donors (Lipinski definition) is 0. The summed E-state index contributed by atoms with van der Waals surface area (Å²) in [6, 6.07) is 0. The molecule has 0 fully saturated rings. The van der Waals surface area contributed by atoms with Gasteiger partial charge in [-0.3, -0.25) is 14.4 Å². The molecule has 0 rings (SSSR count). The molecule has 0 aromatic rings. The Balaban J connectivity index is 4.18. The van der Waals surface area contributed by atoms with Crippen LogP contribution in [-0.2, 0) is 28.6 Å². The lowest BCUT2D eigenvalue weighted by atomic mass is 9.99. The Morgan fingerprint density at radius 1 is 0.318 bits per heavy atom. The van der Waals surface area contributed by atoms with Crippen molar-refractivity contribution in [2.24, 2.45) is 11.8 Å². The van der Waals surface area contributed by atoms with Gasteiger partial charge in [0.15, 0.2) is 6.10 Å². The van der Waals surface area contributed by atoms with Gasteiger partial charge in [0.2, 0.25) is 0 Å². The number of hydrogen-bond acceptors (Lipinski definition) is 6. The Morgan fingerprint density at radius 2 is 0.576 bits per heavy atom. The fourth-order valence-electron chi connectivity index (χ4n) is 9.20. The maximum atomic E-state index is 12.9. The van der Waals surface area contributed by atoms with Gasteiger partial charge >= 0.3 is 17.9 Å². The van der Waals surface area contributed by atoms with Crippen molar-refractivity contribution in [3.8, 4) is 0 Å². The van der Waals surface area contributed by atoms with Gasteiger partial charge in [-0.1, -0.05) is 298 Å². The summed E-state index contributed by atoms with van der Waals surface area (Å²) in [6.45, 7) is 11.5. The first-order valence-corrected chi connectivity index (χ1v) is 29.8. The molecule has 0 aliphatic carbocycles. The van der Waals surface area contributed by atoms with Crippen LogP contribution >= 0.6 is 0 Å². The first-order valence-electron chi connectivity index (χ1n) is 29.8. The van der Waals surface area contributed by atoms with E-state index in [-0.39, 0.29) is 31.1 Å².